The molecular formula is C19H20FNO5. The Morgan fingerprint density at radius 1 is 1.12 bits per heavy atom. The van der Waals surface area contributed by atoms with Gasteiger partial charge in [0.1, 0.15) is 30.8 Å². The summed E-state index contributed by atoms with van der Waals surface area (Å²) in [5.74, 6) is -1.92. The molecule has 2 amide bonds. The van der Waals surface area contributed by atoms with Crippen LogP contribution in [0.5, 0.6) is 5.75 Å². The van der Waals surface area contributed by atoms with Gasteiger partial charge < -0.3 is 9.47 Å². The Bertz CT molecular complexity index is 704. The molecule has 2 aliphatic rings. The Hall–Kier alpha value is -2.70. The first kappa shape index (κ1) is 18.1. The van der Waals surface area contributed by atoms with E-state index in [2.05, 4.69) is 0 Å². The molecule has 1 heterocycles. The minimum atomic E-state index is -0.966. The maximum absolute atomic E-state index is 12.8. The zero-order valence-electron chi connectivity index (χ0n) is 14.4. The van der Waals surface area contributed by atoms with Crippen LogP contribution in [0.15, 0.2) is 36.4 Å². The summed E-state index contributed by atoms with van der Waals surface area (Å²) in [7, 11) is 0. The van der Waals surface area contributed by atoms with Crippen LogP contribution in [0.1, 0.15) is 19.8 Å². The predicted molar refractivity (Wildman–Crippen MR) is 89.5 cm³/mol. The summed E-state index contributed by atoms with van der Waals surface area (Å²) in [5, 5.41) is 0. The van der Waals surface area contributed by atoms with Gasteiger partial charge in [-0.25, -0.2) is 9.18 Å². The fourth-order valence-corrected chi connectivity index (χ4v) is 3.27. The first-order chi connectivity index (χ1) is 12.5. The van der Waals surface area contributed by atoms with Crippen LogP contribution in [0.4, 0.5) is 4.39 Å². The highest BCUT2D eigenvalue weighted by atomic mass is 19.1. The zero-order valence-corrected chi connectivity index (χ0v) is 14.4. The van der Waals surface area contributed by atoms with Crippen LogP contribution in [-0.4, -0.2) is 41.9 Å². The molecule has 0 spiro atoms. The third-order valence-corrected chi connectivity index (χ3v) is 4.68. The topological polar surface area (TPSA) is 72.9 Å². The molecule has 1 aromatic carbocycles. The lowest BCUT2D eigenvalue weighted by Crippen LogP contribution is -2.44. The number of benzene rings is 1. The molecular weight excluding hydrogens is 341 g/mol. The van der Waals surface area contributed by atoms with Gasteiger partial charge in [-0.2, -0.15) is 0 Å². The largest absolute Gasteiger partial charge is 0.490 e. The average Bonchev–Trinajstić information content (AvgIpc) is 2.90. The van der Waals surface area contributed by atoms with Crippen molar-refractivity contribution in [2.45, 2.75) is 25.8 Å². The first-order valence-corrected chi connectivity index (χ1v) is 8.56. The quantitative estimate of drug-likeness (QED) is 0.336. The van der Waals surface area contributed by atoms with Gasteiger partial charge in [0.05, 0.1) is 11.8 Å². The van der Waals surface area contributed by atoms with E-state index >= 15 is 0 Å². The van der Waals surface area contributed by atoms with Crippen LogP contribution in [0.25, 0.3) is 0 Å². The van der Waals surface area contributed by atoms with E-state index in [-0.39, 0.29) is 42.7 Å². The molecule has 1 aliphatic heterocycles. The Labute approximate surface area is 150 Å². The lowest BCUT2D eigenvalue weighted by molar-refractivity contribution is -0.158. The molecule has 1 saturated heterocycles. The number of imide groups is 1. The summed E-state index contributed by atoms with van der Waals surface area (Å²) in [5.41, 5.74) is 0. The predicted octanol–water partition coefficient (Wildman–Crippen LogP) is 2.09. The van der Waals surface area contributed by atoms with Crippen LogP contribution in [0.2, 0.25) is 0 Å². The van der Waals surface area contributed by atoms with Gasteiger partial charge in [-0.1, -0.05) is 12.2 Å². The number of nitrogens with zero attached hydrogens (tertiary/aromatic N) is 1. The molecule has 0 unspecified atom stereocenters. The minimum absolute atomic E-state index is 0.0365. The number of esters is 1. The van der Waals surface area contributed by atoms with Crippen LogP contribution in [-0.2, 0) is 19.1 Å². The summed E-state index contributed by atoms with van der Waals surface area (Å²) in [6, 6.07) is 4.50. The van der Waals surface area contributed by atoms with E-state index in [0.717, 1.165) is 4.90 Å². The second-order valence-electron chi connectivity index (χ2n) is 6.35. The number of rotatable bonds is 6. The van der Waals surface area contributed by atoms with Crippen molar-refractivity contribution in [1.29, 1.82) is 0 Å². The van der Waals surface area contributed by atoms with Crippen molar-refractivity contribution < 1.29 is 28.2 Å². The molecule has 0 aromatic heterocycles. The smallest absolute Gasteiger partial charge is 0.329 e. The summed E-state index contributed by atoms with van der Waals surface area (Å²) >= 11 is 0. The molecule has 1 fully saturated rings. The van der Waals surface area contributed by atoms with Crippen molar-refractivity contribution in [3.05, 3.63) is 42.2 Å². The Balaban J connectivity index is 1.49. The molecule has 26 heavy (non-hydrogen) atoms. The van der Waals surface area contributed by atoms with Gasteiger partial charge >= 0.3 is 5.97 Å². The molecule has 1 aromatic rings. The first-order valence-electron chi connectivity index (χ1n) is 8.56. The molecule has 0 saturated carbocycles. The molecule has 7 heteroatoms. The normalized spacial score (nSPS) is 22.9. The van der Waals surface area contributed by atoms with E-state index in [1.165, 1.54) is 31.2 Å². The fraction of sp³-hybridized carbons (Fsp3) is 0.421. The van der Waals surface area contributed by atoms with Gasteiger partial charge in [0.2, 0.25) is 11.8 Å². The van der Waals surface area contributed by atoms with Gasteiger partial charge in [0.15, 0.2) is 0 Å². The van der Waals surface area contributed by atoms with E-state index in [4.69, 9.17) is 9.47 Å². The van der Waals surface area contributed by atoms with E-state index in [0.29, 0.717) is 18.6 Å². The van der Waals surface area contributed by atoms with Gasteiger partial charge in [0.25, 0.3) is 0 Å². The summed E-state index contributed by atoms with van der Waals surface area (Å²) in [6.07, 6.45) is 4.84. The monoisotopic (exact) mass is 361 g/mol. The fourth-order valence-electron chi connectivity index (χ4n) is 3.27. The number of halogens is 1. The van der Waals surface area contributed by atoms with E-state index in [9.17, 15) is 18.8 Å². The highest BCUT2D eigenvalue weighted by Crippen LogP contribution is 2.36. The van der Waals surface area contributed by atoms with Crippen molar-refractivity contribution in [3.8, 4) is 5.75 Å². The molecule has 6 nitrogen and oxygen atoms in total. The number of likely N-dealkylation sites (tertiary alicyclic amines) is 1. The van der Waals surface area contributed by atoms with Crippen LogP contribution < -0.4 is 4.74 Å². The van der Waals surface area contributed by atoms with Gasteiger partial charge in [-0.05, 0) is 44.0 Å². The van der Waals surface area contributed by atoms with E-state index in [1.807, 2.05) is 12.2 Å². The van der Waals surface area contributed by atoms with Gasteiger partial charge in [-0.15, -0.1) is 0 Å². The Morgan fingerprint density at radius 2 is 1.69 bits per heavy atom. The van der Waals surface area contributed by atoms with Gasteiger partial charge in [0, 0.05) is 0 Å². The maximum atomic E-state index is 12.8. The molecule has 0 radical (unpaired) electrons. The van der Waals surface area contributed by atoms with Crippen molar-refractivity contribution in [3.63, 3.8) is 0 Å². The zero-order chi connectivity index (χ0) is 18.7. The van der Waals surface area contributed by atoms with Crippen LogP contribution in [0.3, 0.4) is 0 Å². The van der Waals surface area contributed by atoms with Crippen molar-refractivity contribution in [1.82, 2.24) is 4.90 Å². The molecule has 1 aliphatic carbocycles. The SMILES string of the molecule is C[C@@H](C(=O)OCCOc1ccc(F)cc1)N1C(=O)[C@H]2CC=CC[C@H]2C1=O. The van der Waals surface area contributed by atoms with Crippen molar-refractivity contribution in [2.75, 3.05) is 13.2 Å². The Morgan fingerprint density at radius 3 is 2.27 bits per heavy atom. The minimum Gasteiger partial charge on any atom is -0.490 e. The molecule has 0 N–H and O–H groups in total. The van der Waals surface area contributed by atoms with Crippen LogP contribution >= 0.6 is 0 Å². The molecule has 0 bridgehead atoms. The number of amides is 2. The summed E-state index contributed by atoms with van der Waals surface area (Å²) in [6.45, 7) is 1.54. The highest BCUT2D eigenvalue weighted by molar-refractivity contribution is 6.08. The second-order valence-corrected chi connectivity index (χ2v) is 6.35. The number of allylic oxidation sites excluding steroid dienone is 2. The number of ether oxygens (including phenoxy) is 2. The number of hydrogen-bond acceptors (Lipinski definition) is 5. The number of carbonyl (C=O) groups excluding carboxylic acids is 3. The summed E-state index contributed by atoms with van der Waals surface area (Å²) < 4.78 is 23.3. The van der Waals surface area contributed by atoms with Crippen molar-refractivity contribution in [2.24, 2.45) is 11.8 Å². The average molecular weight is 361 g/mol. The Kier molecular flexibility index (Phi) is 5.35. The third kappa shape index (κ3) is 3.61. The molecule has 3 rings (SSSR count). The number of carbonyl (C=O) groups is 3. The van der Waals surface area contributed by atoms with Crippen LogP contribution in [0, 0.1) is 17.7 Å². The van der Waals surface area contributed by atoms with Gasteiger partial charge in [-0.3, -0.25) is 14.5 Å². The highest BCUT2D eigenvalue weighted by Gasteiger charge is 2.50. The lowest BCUT2D eigenvalue weighted by atomic mass is 9.85. The number of fused-ring (bicyclic) bond motifs is 1. The van der Waals surface area contributed by atoms with E-state index in [1.54, 1.807) is 0 Å². The standard InChI is InChI=1S/C19H20FNO5/c1-12(21-17(22)15-4-2-3-5-16(15)18(21)23)19(24)26-11-10-25-14-8-6-13(20)7-9-14/h2-3,6-9,12,15-16H,4-5,10-11H2,1H3/t12-,15-,16+/m0/s1. The molecule has 138 valence electrons. The third-order valence-electron chi connectivity index (χ3n) is 4.68. The second kappa shape index (κ2) is 7.68. The van der Waals surface area contributed by atoms with Crippen molar-refractivity contribution >= 4 is 17.8 Å². The maximum Gasteiger partial charge on any atom is 0.329 e. The number of hydrogen-bond donors (Lipinski definition) is 0. The lowest BCUT2D eigenvalue weighted by Gasteiger charge is -2.21. The molecule has 3 atom stereocenters. The summed E-state index contributed by atoms with van der Waals surface area (Å²) in [4.78, 5) is 38.1. The van der Waals surface area contributed by atoms with E-state index < -0.39 is 12.0 Å².